The molecular weight excluding hydrogens is 258 g/mol. The number of hydrogen-bond donors (Lipinski definition) is 0. The monoisotopic (exact) mass is 279 g/mol. The maximum absolute atomic E-state index is 6.31. The molecule has 0 spiro atoms. The molecule has 0 radical (unpaired) electrons. The summed E-state index contributed by atoms with van der Waals surface area (Å²) in [7, 11) is 0. The van der Waals surface area contributed by atoms with Crippen LogP contribution >= 0.6 is 11.6 Å². The van der Waals surface area contributed by atoms with Crippen LogP contribution in [-0.4, -0.2) is 22.6 Å². The number of hydrogen-bond acceptors (Lipinski definition) is 3. The molecule has 2 fully saturated rings. The Morgan fingerprint density at radius 2 is 1.89 bits per heavy atom. The molecule has 4 heteroatoms. The molecule has 2 saturated carbocycles. The van der Waals surface area contributed by atoms with E-state index in [-0.39, 0.29) is 0 Å². The highest BCUT2D eigenvalue weighted by Crippen LogP contribution is 2.39. The van der Waals surface area contributed by atoms with Crippen LogP contribution in [0.3, 0.4) is 0 Å². The lowest BCUT2D eigenvalue weighted by molar-refractivity contribution is 0.690. The summed E-state index contributed by atoms with van der Waals surface area (Å²) in [5.74, 6) is 3.14. The summed E-state index contributed by atoms with van der Waals surface area (Å²) in [6, 6.07) is 0.685. The van der Waals surface area contributed by atoms with Crippen molar-refractivity contribution in [2.75, 3.05) is 11.4 Å². The summed E-state index contributed by atoms with van der Waals surface area (Å²) in [6.07, 6.45) is 5.34. The van der Waals surface area contributed by atoms with Crippen LogP contribution < -0.4 is 4.90 Å². The highest BCUT2D eigenvalue weighted by atomic mass is 35.5. The fraction of sp³-hybridized carbons (Fsp3) is 0.733. The van der Waals surface area contributed by atoms with Crippen LogP contribution in [0, 0.1) is 12.8 Å². The summed E-state index contributed by atoms with van der Waals surface area (Å²) in [5, 5.41) is 0.621. The summed E-state index contributed by atoms with van der Waals surface area (Å²) in [5.41, 5.74) is 1.04. The normalized spacial score (nSPS) is 19.0. The van der Waals surface area contributed by atoms with Crippen molar-refractivity contribution in [2.45, 2.75) is 58.4 Å². The maximum Gasteiger partial charge on any atom is 0.137 e. The van der Waals surface area contributed by atoms with Gasteiger partial charge in [-0.2, -0.15) is 0 Å². The van der Waals surface area contributed by atoms with E-state index in [0.717, 1.165) is 29.7 Å². The van der Waals surface area contributed by atoms with Crippen molar-refractivity contribution < 1.29 is 0 Å². The van der Waals surface area contributed by atoms with Crippen molar-refractivity contribution in [3.63, 3.8) is 0 Å². The number of rotatable bonds is 5. The third kappa shape index (κ3) is 2.86. The molecule has 0 amide bonds. The molecule has 1 heterocycles. The molecule has 0 bridgehead atoms. The zero-order chi connectivity index (χ0) is 13.6. The lowest BCUT2D eigenvalue weighted by Gasteiger charge is -2.26. The van der Waals surface area contributed by atoms with Crippen LogP contribution in [0.2, 0.25) is 5.15 Å². The van der Waals surface area contributed by atoms with Gasteiger partial charge in [0.1, 0.15) is 16.8 Å². The minimum absolute atomic E-state index is 0.318. The first-order chi connectivity index (χ1) is 9.06. The van der Waals surface area contributed by atoms with Crippen molar-refractivity contribution in [1.29, 1.82) is 0 Å². The van der Waals surface area contributed by atoms with E-state index in [1.165, 1.54) is 25.7 Å². The van der Waals surface area contributed by atoms with E-state index in [1.807, 2.05) is 6.92 Å². The van der Waals surface area contributed by atoms with Crippen molar-refractivity contribution in [1.82, 2.24) is 9.97 Å². The molecule has 2 aliphatic rings. The van der Waals surface area contributed by atoms with Crippen LogP contribution in [0.4, 0.5) is 5.82 Å². The summed E-state index contributed by atoms with van der Waals surface area (Å²) >= 11 is 6.31. The standard InChI is InChI=1S/C15H22ClN3/c1-9(2)14-17-13(16)10(3)15(18-14)19(12-6-7-12)8-11-4-5-11/h9,11-12H,4-8H2,1-3H3. The molecule has 0 aliphatic heterocycles. The number of aromatic nitrogens is 2. The van der Waals surface area contributed by atoms with E-state index >= 15 is 0 Å². The van der Waals surface area contributed by atoms with Crippen molar-refractivity contribution >= 4 is 17.4 Å². The molecule has 3 nitrogen and oxygen atoms in total. The molecule has 3 rings (SSSR count). The summed E-state index contributed by atoms with van der Waals surface area (Å²) in [6.45, 7) is 7.43. The average molecular weight is 280 g/mol. The third-order valence-corrected chi connectivity index (χ3v) is 4.37. The minimum atomic E-state index is 0.318. The van der Waals surface area contributed by atoms with Gasteiger partial charge in [0.15, 0.2) is 0 Å². The molecule has 19 heavy (non-hydrogen) atoms. The topological polar surface area (TPSA) is 29.0 Å². The molecule has 2 aliphatic carbocycles. The highest BCUT2D eigenvalue weighted by molar-refractivity contribution is 6.30. The third-order valence-electron chi connectivity index (χ3n) is 4.01. The Morgan fingerprint density at radius 1 is 1.21 bits per heavy atom. The van der Waals surface area contributed by atoms with Gasteiger partial charge >= 0.3 is 0 Å². The Kier molecular flexibility index (Phi) is 3.42. The molecule has 0 unspecified atom stereocenters. The first kappa shape index (κ1) is 13.2. The van der Waals surface area contributed by atoms with Gasteiger partial charge in [-0.05, 0) is 38.5 Å². The molecule has 0 N–H and O–H groups in total. The molecule has 0 aromatic carbocycles. The van der Waals surface area contributed by atoms with Crippen LogP contribution in [0.25, 0.3) is 0 Å². The smallest absolute Gasteiger partial charge is 0.137 e. The van der Waals surface area contributed by atoms with E-state index in [2.05, 4.69) is 23.7 Å². The first-order valence-corrected chi connectivity index (χ1v) is 7.74. The summed E-state index contributed by atoms with van der Waals surface area (Å²) in [4.78, 5) is 11.7. The highest BCUT2D eigenvalue weighted by Gasteiger charge is 2.35. The fourth-order valence-electron chi connectivity index (χ4n) is 2.41. The Hall–Kier alpha value is -0.830. The maximum atomic E-state index is 6.31. The van der Waals surface area contributed by atoms with Gasteiger partial charge < -0.3 is 4.90 Å². The Balaban J connectivity index is 1.95. The Morgan fingerprint density at radius 3 is 2.42 bits per heavy atom. The molecule has 1 aromatic rings. The molecular formula is C15H22ClN3. The van der Waals surface area contributed by atoms with Crippen molar-refractivity contribution in [3.8, 4) is 0 Å². The van der Waals surface area contributed by atoms with Gasteiger partial charge in [0.25, 0.3) is 0 Å². The van der Waals surface area contributed by atoms with Crippen molar-refractivity contribution in [3.05, 3.63) is 16.5 Å². The zero-order valence-corrected chi connectivity index (χ0v) is 12.7. The average Bonchev–Trinajstić information content (AvgIpc) is 3.23. The van der Waals surface area contributed by atoms with Crippen LogP contribution in [0.1, 0.15) is 56.8 Å². The van der Waals surface area contributed by atoms with Crippen LogP contribution in [0.5, 0.6) is 0 Å². The lowest BCUT2D eigenvalue weighted by Crippen LogP contribution is -2.30. The van der Waals surface area contributed by atoms with E-state index < -0.39 is 0 Å². The van der Waals surface area contributed by atoms with E-state index in [4.69, 9.17) is 16.6 Å². The number of nitrogens with zero attached hydrogens (tertiary/aromatic N) is 3. The lowest BCUT2D eigenvalue weighted by atomic mass is 10.2. The van der Waals surface area contributed by atoms with Gasteiger partial charge in [-0.25, -0.2) is 9.97 Å². The van der Waals surface area contributed by atoms with Gasteiger partial charge in [0, 0.05) is 24.1 Å². The summed E-state index contributed by atoms with van der Waals surface area (Å²) < 4.78 is 0. The van der Waals surface area contributed by atoms with Gasteiger partial charge in [0.2, 0.25) is 0 Å². The second kappa shape index (κ2) is 4.93. The number of anilines is 1. The minimum Gasteiger partial charge on any atom is -0.353 e. The van der Waals surface area contributed by atoms with E-state index in [1.54, 1.807) is 0 Å². The molecule has 104 valence electrons. The van der Waals surface area contributed by atoms with Crippen LogP contribution in [-0.2, 0) is 0 Å². The Labute approximate surface area is 120 Å². The number of halogens is 1. The molecule has 0 atom stereocenters. The van der Waals surface area contributed by atoms with Gasteiger partial charge in [-0.15, -0.1) is 0 Å². The van der Waals surface area contributed by atoms with E-state index in [9.17, 15) is 0 Å². The zero-order valence-electron chi connectivity index (χ0n) is 12.0. The second-order valence-corrected chi connectivity index (χ2v) is 6.66. The van der Waals surface area contributed by atoms with Gasteiger partial charge in [-0.3, -0.25) is 0 Å². The molecule has 1 aromatic heterocycles. The van der Waals surface area contributed by atoms with Crippen molar-refractivity contribution in [2.24, 2.45) is 5.92 Å². The van der Waals surface area contributed by atoms with Crippen LogP contribution in [0.15, 0.2) is 0 Å². The van der Waals surface area contributed by atoms with Gasteiger partial charge in [-0.1, -0.05) is 25.4 Å². The fourth-order valence-corrected chi connectivity index (χ4v) is 2.58. The predicted octanol–water partition coefficient (Wildman–Crippen LogP) is 3.94. The van der Waals surface area contributed by atoms with E-state index in [0.29, 0.717) is 17.1 Å². The SMILES string of the molecule is Cc1c(Cl)nc(C(C)C)nc1N(CC1CC1)C1CC1. The molecule has 0 saturated heterocycles. The second-order valence-electron chi connectivity index (χ2n) is 6.30. The Bertz CT molecular complexity index is 479. The first-order valence-electron chi connectivity index (χ1n) is 7.37. The van der Waals surface area contributed by atoms with Gasteiger partial charge in [0.05, 0.1) is 0 Å². The largest absolute Gasteiger partial charge is 0.353 e. The quantitative estimate of drug-likeness (QED) is 0.765. The predicted molar refractivity (Wildman–Crippen MR) is 79.0 cm³/mol.